The molecule has 6 heteroatoms. The molecule has 112 valence electrons. The highest BCUT2D eigenvalue weighted by atomic mass is 31.2. The first-order valence-electron chi connectivity index (χ1n) is 6.49. The van der Waals surface area contributed by atoms with Crippen LogP contribution in [0.2, 0.25) is 0 Å². The van der Waals surface area contributed by atoms with Crippen molar-refractivity contribution in [3.8, 4) is 0 Å². The van der Waals surface area contributed by atoms with Crippen molar-refractivity contribution in [3.63, 3.8) is 0 Å². The van der Waals surface area contributed by atoms with Gasteiger partial charge in [-0.05, 0) is 12.8 Å². The van der Waals surface area contributed by atoms with Gasteiger partial charge in [-0.2, -0.15) is 0 Å². The van der Waals surface area contributed by atoms with Crippen LogP contribution in [-0.4, -0.2) is 39.9 Å². The summed E-state index contributed by atoms with van der Waals surface area (Å²) < 4.78 is 17.7. The Kier molecular flexibility index (Phi) is 13.2. The molecule has 0 amide bonds. The number of phosphoric ester groups is 1. The number of phosphoric acid groups is 1. The van der Waals surface area contributed by atoms with Crippen LogP contribution in [0.15, 0.2) is 0 Å². The summed E-state index contributed by atoms with van der Waals surface area (Å²) in [6.07, 6.45) is 8.67. The molecule has 0 rings (SSSR count). The quantitative estimate of drug-likeness (QED) is 0.642. The molecule has 0 atom stereocenters. The zero-order valence-corrected chi connectivity index (χ0v) is 14.6. The molecule has 0 aromatic rings. The van der Waals surface area contributed by atoms with E-state index in [1.807, 2.05) is 0 Å². The van der Waals surface area contributed by atoms with E-state index >= 15 is 0 Å². The molecular weight excluding hydrogens is 270 g/mol. The summed E-state index contributed by atoms with van der Waals surface area (Å²) in [5, 5.41) is 0. The molecule has 0 fully saturated rings. The minimum atomic E-state index is -3.90. The predicted octanol–water partition coefficient (Wildman–Crippen LogP) is 3.61. The van der Waals surface area contributed by atoms with Gasteiger partial charge in [0.05, 0.1) is 12.3 Å². The molecule has 4 nitrogen and oxygen atoms in total. The van der Waals surface area contributed by atoms with Crippen molar-refractivity contribution >= 4 is 15.1 Å². The van der Waals surface area contributed by atoms with E-state index in [0.717, 1.165) is 14.2 Å². The van der Waals surface area contributed by atoms with E-state index in [1.165, 1.54) is 38.0 Å². The van der Waals surface area contributed by atoms with E-state index in [0.29, 0.717) is 0 Å². The van der Waals surface area contributed by atoms with Gasteiger partial charge in [0.25, 0.3) is 7.82 Å². The number of rotatable bonds is 8. The van der Waals surface area contributed by atoms with E-state index in [2.05, 4.69) is 36.2 Å². The SMILES string of the molecule is CCCC[P+](C)(C)CCCC.COP(=O)([O-])OC. The van der Waals surface area contributed by atoms with Gasteiger partial charge in [0.1, 0.15) is 0 Å². The average Bonchev–Trinajstić information content (AvgIpc) is 2.35. The topological polar surface area (TPSA) is 58.6 Å². The zero-order valence-electron chi connectivity index (χ0n) is 12.8. The summed E-state index contributed by atoms with van der Waals surface area (Å²) in [5.74, 6) is 0. The Morgan fingerprint density at radius 1 is 1.00 bits per heavy atom. The van der Waals surface area contributed by atoms with Crippen molar-refractivity contribution in [3.05, 3.63) is 0 Å². The number of hydrogen-bond acceptors (Lipinski definition) is 4. The molecule has 18 heavy (non-hydrogen) atoms. The maximum atomic E-state index is 9.95. The summed E-state index contributed by atoms with van der Waals surface area (Å²) in [4.78, 5) is 9.95. The van der Waals surface area contributed by atoms with Crippen LogP contribution in [0.25, 0.3) is 0 Å². The van der Waals surface area contributed by atoms with E-state index in [1.54, 1.807) is 0 Å². The van der Waals surface area contributed by atoms with E-state index in [-0.39, 0.29) is 0 Å². The molecule has 0 heterocycles. The first-order chi connectivity index (χ1) is 8.24. The number of unbranched alkanes of at least 4 members (excludes halogenated alkanes) is 2. The van der Waals surface area contributed by atoms with E-state index in [4.69, 9.17) is 0 Å². The van der Waals surface area contributed by atoms with Gasteiger partial charge in [-0.25, -0.2) is 0 Å². The highest BCUT2D eigenvalue weighted by molar-refractivity contribution is 7.74. The maximum Gasteiger partial charge on any atom is 0.267 e. The summed E-state index contributed by atoms with van der Waals surface area (Å²) in [6, 6.07) is 0. The Hall–Kier alpha value is 0.540. The fraction of sp³-hybridized carbons (Fsp3) is 1.00. The zero-order chi connectivity index (χ0) is 14.7. The lowest BCUT2D eigenvalue weighted by atomic mass is 10.4. The lowest BCUT2D eigenvalue weighted by Gasteiger charge is -2.16. The smallest absolute Gasteiger partial charge is 0.267 e. The highest BCUT2D eigenvalue weighted by Crippen LogP contribution is 2.52. The normalized spacial score (nSPS) is 11.9. The molecular formula is C12H30O4P2. The maximum absolute atomic E-state index is 9.95. The monoisotopic (exact) mass is 300 g/mol. The van der Waals surface area contributed by atoms with Gasteiger partial charge in [0.2, 0.25) is 0 Å². The Labute approximate surface area is 113 Å². The highest BCUT2D eigenvalue weighted by Gasteiger charge is 2.22. The largest absolute Gasteiger partial charge is 0.756 e. The average molecular weight is 300 g/mol. The van der Waals surface area contributed by atoms with Crippen LogP contribution in [0, 0.1) is 0 Å². The third-order valence-corrected chi connectivity index (χ3v) is 6.63. The minimum absolute atomic E-state index is 0.476. The minimum Gasteiger partial charge on any atom is -0.756 e. The van der Waals surface area contributed by atoms with Crippen LogP contribution in [0.4, 0.5) is 0 Å². The Bertz CT molecular complexity index is 214. The summed E-state index contributed by atoms with van der Waals surface area (Å²) in [7, 11) is -2.30. The van der Waals surface area contributed by atoms with Crippen molar-refractivity contribution in [1.29, 1.82) is 0 Å². The van der Waals surface area contributed by atoms with Crippen LogP contribution in [0.3, 0.4) is 0 Å². The molecule has 0 N–H and O–H groups in total. The fourth-order valence-corrected chi connectivity index (χ4v) is 4.08. The van der Waals surface area contributed by atoms with E-state index in [9.17, 15) is 9.46 Å². The fourth-order valence-electron chi connectivity index (χ4n) is 1.36. The molecule has 0 saturated carbocycles. The molecule has 0 aliphatic carbocycles. The van der Waals surface area contributed by atoms with Crippen molar-refractivity contribution in [2.24, 2.45) is 0 Å². The van der Waals surface area contributed by atoms with Crippen molar-refractivity contribution < 1.29 is 18.5 Å². The van der Waals surface area contributed by atoms with Crippen LogP contribution in [-0.2, 0) is 13.6 Å². The van der Waals surface area contributed by atoms with Gasteiger partial charge >= 0.3 is 0 Å². The van der Waals surface area contributed by atoms with Gasteiger partial charge in [-0.1, -0.05) is 26.7 Å². The molecule has 0 saturated heterocycles. The standard InChI is InChI=1S/C10H24P.C2H7O4P/c1-5-7-9-11(3,4)10-8-6-2;1-5-7(3,4)6-2/h5-10H2,1-4H3;1-2H3,(H,3,4)/q+1;/p-1. The van der Waals surface area contributed by atoms with Gasteiger partial charge < -0.3 is 13.9 Å². The molecule has 0 bridgehead atoms. The predicted molar refractivity (Wildman–Crippen MR) is 79.9 cm³/mol. The van der Waals surface area contributed by atoms with Crippen molar-refractivity contribution in [2.45, 2.75) is 39.5 Å². The molecule has 0 aromatic carbocycles. The van der Waals surface area contributed by atoms with Crippen LogP contribution < -0.4 is 4.89 Å². The molecule has 0 radical (unpaired) electrons. The van der Waals surface area contributed by atoms with Gasteiger partial charge in [-0.3, -0.25) is 4.57 Å². The van der Waals surface area contributed by atoms with Crippen LogP contribution in [0.1, 0.15) is 39.5 Å². The van der Waals surface area contributed by atoms with Gasteiger partial charge in [0.15, 0.2) is 0 Å². The summed E-state index contributed by atoms with van der Waals surface area (Å²) in [5.41, 5.74) is 0. The van der Waals surface area contributed by atoms with E-state index < -0.39 is 15.1 Å². The first kappa shape index (κ1) is 20.8. The van der Waals surface area contributed by atoms with Crippen LogP contribution in [0.5, 0.6) is 0 Å². The molecule has 0 unspecified atom stereocenters. The van der Waals surface area contributed by atoms with Gasteiger partial charge in [0, 0.05) is 34.8 Å². The Morgan fingerprint density at radius 3 is 1.50 bits per heavy atom. The van der Waals surface area contributed by atoms with Gasteiger partial charge in [-0.15, -0.1) is 0 Å². The molecule has 0 spiro atoms. The number of hydrogen-bond donors (Lipinski definition) is 0. The third-order valence-electron chi connectivity index (χ3n) is 2.68. The van der Waals surface area contributed by atoms with Crippen molar-refractivity contribution in [1.82, 2.24) is 0 Å². The second kappa shape index (κ2) is 11.4. The summed E-state index contributed by atoms with van der Waals surface area (Å²) in [6.45, 7) is 9.61. The molecule has 0 aromatic heterocycles. The first-order valence-corrected chi connectivity index (χ1v) is 11.0. The lowest BCUT2D eigenvalue weighted by molar-refractivity contribution is -0.220. The van der Waals surface area contributed by atoms with Crippen molar-refractivity contribution in [2.75, 3.05) is 39.9 Å². The Balaban J connectivity index is 0. The Morgan fingerprint density at radius 2 is 1.33 bits per heavy atom. The van der Waals surface area contributed by atoms with Crippen LogP contribution >= 0.6 is 15.1 Å². The summed E-state index contributed by atoms with van der Waals surface area (Å²) >= 11 is 0. The third kappa shape index (κ3) is 14.6. The molecule has 0 aliphatic heterocycles. The second-order valence-corrected chi connectivity index (χ2v) is 11.3. The lowest BCUT2D eigenvalue weighted by Crippen LogP contribution is -2.02. The second-order valence-electron chi connectivity index (χ2n) is 4.90. The molecule has 0 aliphatic rings.